The lowest BCUT2D eigenvalue weighted by Gasteiger charge is -2.24. The molecule has 1 atom stereocenters. The third-order valence-corrected chi connectivity index (χ3v) is 5.32. The number of nitrogens with zero attached hydrogens (tertiary/aromatic N) is 3. The zero-order valence-corrected chi connectivity index (χ0v) is 15.0. The van der Waals surface area contributed by atoms with E-state index in [4.69, 9.17) is 4.42 Å². The Hall–Kier alpha value is -2.41. The summed E-state index contributed by atoms with van der Waals surface area (Å²) in [5, 5.41) is 13.8. The first-order valence-electron chi connectivity index (χ1n) is 9.19. The minimum Gasteiger partial charge on any atom is -0.465 e. The molecule has 7 nitrogen and oxygen atoms in total. The van der Waals surface area contributed by atoms with E-state index >= 15 is 0 Å². The SMILES string of the molecule is Cc1oc2c(c1C(=O)NC[C@]1(O)CCN(c3ncccn3)C1)CCCC2. The van der Waals surface area contributed by atoms with Crippen molar-refractivity contribution in [3.8, 4) is 0 Å². The van der Waals surface area contributed by atoms with Crippen LogP contribution in [0.4, 0.5) is 5.95 Å². The molecule has 0 spiro atoms. The molecule has 1 aliphatic carbocycles. The third kappa shape index (κ3) is 3.19. The van der Waals surface area contributed by atoms with Crippen LogP contribution >= 0.6 is 0 Å². The molecule has 1 amide bonds. The highest BCUT2D eigenvalue weighted by molar-refractivity contribution is 5.97. The highest BCUT2D eigenvalue weighted by Crippen LogP contribution is 2.30. The van der Waals surface area contributed by atoms with Crippen LogP contribution < -0.4 is 10.2 Å². The van der Waals surface area contributed by atoms with Crippen molar-refractivity contribution in [1.82, 2.24) is 15.3 Å². The molecule has 7 heteroatoms. The monoisotopic (exact) mass is 356 g/mol. The minimum atomic E-state index is -0.980. The first-order chi connectivity index (χ1) is 12.6. The summed E-state index contributed by atoms with van der Waals surface area (Å²) in [6, 6.07) is 1.76. The molecule has 2 aliphatic rings. The van der Waals surface area contributed by atoms with Crippen LogP contribution in [0, 0.1) is 6.92 Å². The van der Waals surface area contributed by atoms with Crippen molar-refractivity contribution in [2.75, 3.05) is 24.5 Å². The van der Waals surface area contributed by atoms with Gasteiger partial charge in [-0.3, -0.25) is 4.79 Å². The van der Waals surface area contributed by atoms with Crippen LogP contribution in [0.2, 0.25) is 0 Å². The summed E-state index contributed by atoms with van der Waals surface area (Å²) in [4.78, 5) is 23.1. The van der Waals surface area contributed by atoms with Gasteiger partial charge in [-0.25, -0.2) is 9.97 Å². The number of aromatic nitrogens is 2. The molecule has 2 aromatic rings. The van der Waals surface area contributed by atoms with E-state index in [1.807, 2.05) is 11.8 Å². The molecule has 1 fully saturated rings. The van der Waals surface area contributed by atoms with E-state index in [0.717, 1.165) is 37.0 Å². The van der Waals surface area contributed by atoms with Gasteiger partial charge in [0.1, 0.15) is 17.1 Å². The lowest BCUT2D eigenvalue weighted by atomic mass is 9.94. The summed E-state index contributed by atoms with van der Waals surface area (Å²) in [5.41, 5.74) is 0.723. The maximum atomic E-state index is 12.7. The maximum absolute atomic E-state index is 12.7. The standard InChI is InChI=1S/C19H24N4O3/c1-13-16(14-5-2-3-6-15(14)26-13)17(24)22-11-19(25)7-10-23(12-19)18-20-8-4-9-21-18/h4,8-9,25H,2-3,5-7,10-12H2,1H3,(H,22,24)/t19-/m1/s1. The molecule has 1 aliphatic heterocycles. The average Bonchev–Trinajstić information content (AvgIpc) is 3.21. The van der Waals surface area contributed by atoms with Crippen LogP contribution in [0.25, 0.3) is 0 Å². The molecule has 26 heavy (non-hydrogen) atoms. The van der Waals surface area contributed by atoms with Gasteiger partial charge >= 0.3 is 0 Å². The molecule has 0 saturated carbocycles. The van der Waals surface area contributed by atoms with Crippen molar-refractivity contribution in [1.29, 1.82) is 0 Å². The number of carbonyl (C=O) groups excluding carboxylic acids is 1. The van der Waals surface area contributed by atoms with E-state index in [9.17, 15) is 9.90 Å². The number of aryl methyl sites for hydroxylation is 2. The molecule has 4 rings (SSSR count). The summed E-state index contributed by atoms with van der Waals surface area (Å²) >= 11 is 0. The smallest absolute Gasteiger partial charge is 0.255 e. The van der Waals surface area contributed by atoms with Crippen molar-refractivity contribution in [3.63, 3.8) is 0 Å². The van der Waals surface area contributed by atoms with Crippen molar-refractivity contribution < 1.29 is 14.3 Å². The first-order valence-corrected chi connectivity index (χ1v) is 9.19. The number of amides is 1. The van der Waals surface area contributed by atoms with Gasteiger partial charge in [-0.05, 0) is 38.7 Å². The summed E-state index contributed by atoms with van der Waals surface area (Å²) < 4.78 is 5.78. The number of furan rings is 1. The summed E-state index contributed by atoms with van der Waals surface area (Å²) in [7, 11) is 0. The van der Waals surface area contributed by atoms with E-state index in [1.165, 1.54) is 0 Å². The largest absolute Gasteiger partial charge is 0.465 e. The van der Waals surface area contributed by atoms with Gasteiger partial charge in [0, 0.05) is 37.5 Å². The number of aliphatic hydroxyl groups is 1. The van der Waals surface area contributed by atoms with Crippen molar-refractivity contribution in [2.24, 2.45) is 0 Å². The van der Waals surface area contributed by atoms with Gasteiger partial charge < -0.3 is 19.7 Å². The van der Waals surface area contributed by atoms with E-state index < -0.39 is 5.60 Å². The Bertz CT molecular complexity index is 805. The number of hydrogen-bond donors (Lipinski definition) is 2. The second-order valence-electron chi connectivity index (χ2n) is 7.27. The quantitative estimate of drug-likeness (QED) is 0.865. The molecule has 0 unspecified atom stereocenters. The molecule has 1 saturated heterocycles. The lowest BCUT2D eigenvalue weighted by Crippen LogP contribution is -2.45. The van der Waals surface area contributed by atoms with Crippen LogP contribution in [0.15, 0.2) is 22.9 Å². The molecule has 3 heterocycles. The number of nitrogens with one attached hydrogen (secondary N) is 1. The summed E-state index contributed by atoms with van der Waals surface area (Å²) in [6.07, 6.45) is 7.92. The van der Waals surface area contributed by atoms with Gasteiger partial charge in [0.05, 0.1) is 12.1 Å². The molecule has 0 bridgehead atoms. The predicted molar refractivity (Wildman–Crippen MR) is 96.2 cm³/mol. The normalized spacial score (nSPS) is 22.3. The zero-order chi connectivity index (χ0) is 18.1. The predicted octanol–water partition coefficient (Wildman–Crippen LogP) is 1.63. The van der Waals surface area contributed by atoms with Crippen molar-refractivity contribution in [2.45, 2.75) is 44.6 Å². The molecule has 2 N–H and O–H groups in total. The molecule has 138 valence electrons. The second kappa shape index (κ2) is 6.72. The fraction of sp³-hybridized carbons (Fsp3) is 0.526. The first kappa shape index (κ1) is 17.0. The fourth-order valence-corrected chi connectivity index (χ4v) is 3.96. The van der Waals surface area contributed by atoms with Crippen LogP contribution in [0.1, 0.15) is 46.7 Å². The average molecular weight is 356 g/mol. The Balaban J connectivity index is 1.41. The lowest BCUT2D eigenvalue weighted by molar-refractivity contribution is 0.0574. The van der Waals surface area contributed by atoms with E-state index in [1.54, 1.807) is 18.5 Å². The number of hydrogen-bond acceptors (Lipinski definition) is 6. The van der Waals surface area contributed by atoms with Crippen LogP contribution in [0.5, 0.6) is 0 Å². The topological polar surface area (TPSA) is 91.5 Å². The second-order valence-corrected chi connectivity index (χ2v) is 7.27. The van der Waals surface area contributed by atoms with Crippen LogP contribution in [-0.2, 0) is 12.8 Å². The highest BCUT2D eigenvalue weighted by atomic mass is 16.3. The minimum absolute atomic E-state index is 0.155. The zero-order valence-electron chi connectivity index (χ0n) is 15.0. The van der Waals surface area contributed by atoms with E-state index in [0.29, 0.717) is 36.8 Å². The molecule has 2 aromatic heterocycles. The van der Waals surface area contributed by atoms with Gasteiger partial charge in [-0.2, -0.15) is 0 Å². The Kier molecular flexibility index (Phi) is 4.40. The Morgan fingerprint density at radius 1 is 1.35 bits per heavy atom. The third-order valence-electron chi connectivity index (χ3n) is 5.32. The molecule has 0 radical (unpaired) electrons. The van der Waals surface area contributed by atoms with E-state index in [2.05, 4.69) is 15.3 Å². The van der Waals surface area contributed by atoms with Gasteiger partial charge in [0.2, 0.25) is 5.95 Å². The molecule has 0 aromatic carbocycles. The van der Waals surface area contributed by atoms with Gasteiger partial charge in [0.15, 0.2) is 0 Å². The summed E-state index contributed by atoms with van der Waals surface area (Å²) in [5.74, 6) is 2.07. The van der Waals surface area contributed by atoms with Gasteiger partial charge in [-0.1, -0.05) is 0 Å². The Morgan fingerprint density at radius 3 is 2.92 bits per heavy atom. The van der Waals surface area contributed by atoms with Gasteiger partial charge in [0.25, 0.3) is 5.91 Å². The fourth-order valence-electron chi connectivity index (χ4n) is 3.96. The Labute approximate surface area is 152 Å². The van der Waals surface area contributed by atoms with Crippen LogP contribution in [0.3, 0.4) is 0 Å². The summed E-state index contributed by atoms with van der Waals surface area (Å²) in [6.45, 7) is 3.11. The number of fused-ring (bicyclic) bond motifs is 1. The maximum Gasteiger partial charge on any atom is 0.255 e. The number of β-amino-alcohol motifs (C(OH)–C–C–N with tert-alkyl or cyclic N) is 1. The number of carbonyl (C=O) groups is 1. The van der Waals surface area contributed by atoms with Crippen LogP contribution in [-0.4, -0.2) is 46.2 Å². The number of anilines is 1. The van der Waals surface area contributed by atoms with Crippen molar-refractivity contribution >= 4 is 11.9 Å². The molecular weight excluding hydrogens is 332 g/mol. The van der Waals surface area contributed by atoms with Gasteiger partial charge in [-0.15, -0.1) is 0 Å². The highest BCUT2D eigenvalue weighted by Gasteiger charge is 2.38. The van der Waals surface area contributed by atoms with E-state index in [-0.39, 0.29) is 12.5 Å². The number of rotatable bonds is 4. The molecular formula is C19H24N4O3. The van der Waals surface area contributed by atoms with Crippen molar-refractivity contribution in [3.05, 3.63) is 41.1 Å². The Morgan fingerprint density at radius 2 is 2.12 bits per heavy atom.